The maximum Gasteiger partial charge on any atom is 0.410 e. The van der Waals surface area contributed by atoms with Crippen LogP contribution in [0.1, 0.15) is 71.3 Å². The van der Waals surface area contributed by atoms with Crippen LogP contribution in [0.3, 0.4) is 0 Å². The standard InChI is InChI=1S/C23H33FN2O2/c1-22(2,3)28-21(27)26-19-8-9-20(26)14-18(13-19)25-23(10-5-11-23)15-16-6-4-7-17(24)12-16/h4,6-7,12,18-20,25H,5,8-11,13-15H2,1-3H3. The highest BCUT2D eigenvalue weighted by atomic mass is 19.1. The van der Waals surface area contributed by atoms with E-state index in [9.17, 15) is 9.18 Å². The number of nitrogens with one attached hydrogen (secondary N) is 1. The van der Waals surface area contributed by atoms with Gasteiger partial charge in [-0.1, -0.05) is 12.1 Å². The van der Waals surface area contributed by atoms with E-state index in [2.05, 4.69) is 5.32 Å². The molecule has 2 atom stereocenters. The zero-order chi connectivity index (χ0) is 19.9. The van der Waals surface area contributed by atoms with Gasteiger partial charge in [-0.2, -0.15) is 0 Å². The second-order valence-electron chi connectivity index (χ2n) is 10.0. The van der Waals surface area contributed by atoms with Crippen LogP contribution in [0.5, 0.6) is 0 Å². The number of piperidine rings is 1. The molecule has 2 saturated heterocycles. The van der Waals surface area contributed by atoms with Crippen molar-refractivity contribution >= 4 is 6.09 Å². The SMILES string of the molecule is CC(C)(C)OC(=O)N1C2CCC1CC(NC1(Cc3cccc(F)c3)CCC1)C2. The predicted octanol–water partition coefficient (Wildman–Crippen LogP) is 4.81. The van der Waals surface area contributed by atoms with Gasteiger partial charge in [0.05, 0.1) is 0 Å². The van der Waals surface area contributed by atoms with Gasteiger partial charge in [0.1, 0.15) is 11.4 Å². The zero-order valence-corrected chi connectivity index (χ0v) is 17.3. The molecule has 2 unspecified atom stereocenters. The van der Waals surface area contributed by atoms with Gasteiger partial charge < -0.3 is 15.0 Å². The highest BCUT2D eigenvalue weighted by Gasteiger charge is 2.47. The van der Waals surface area contributed by atoms with Gasteiger partial charge in [-0.05, 0) is 89.8 Å². The zero-order valence-electron chi connectivity index (χ0n) is 17.3. The third-order valence-corrected chi connectivity index (χ3v) is 6.59. The normalized spacial score (nSPS) is 28.7. The minimum Gasteiger partial charge on any atom is -0.444 e. The fourth-order valence-electron chi connectivity index (χ4n) is 5.35. The molecule has 1 amide bonds. The molecule has 1 N–H and O–H groups in total. The van der Waals surface area contributed by atoms with Gasteiger partial charge in [0, 0.05) is 23.7 Å². The predicted molar refractivity (Wildman–Crippen MR) is 108 cm³/mol. The van der Waals surface area contributed by atoms with Gasteiger partial charge in [0.25, 0.3) is 0 Å². The lowest BCUT2D eigenvalue weighted by atomic mass is 9.71. The summed E-state index contributed by atoms with van der Waals surface area (Å²) < 4.78 is 19.2. The van der Waals surface area contributed by atoms with Gasteiger partial charge in [-0.15, -0.1) is 0 Å². The van der Waals surface area contributed by atoms with Crippen LogP contribution in [-0.4, -0.2) is 40.3 Å². The van der Waals surface area contributed by atoms with E-state index in [1.54, 1.807) is 12.1 Å². The van der Waals surface area contributed by atoms with Crippen molar-refractivity contribution in [2.45, 2.75) is 101 Å². The Balaban J connectivity index is 1.40. The van der Waals surface area contributed by atoms with E-state index >= 15 is 0 Å². The molecule has 154 valence electrons. The largest absolute Gasteiger partial charge is 0.444 e. The van der Waals surface area contributed by atoms with Gasteiger partial charge in [-0.3, -0.25) is 0 Å². The third kappa shape index (κ3) is 4.19. The first kappa shape index (κ1) is 19.7. The fraction of sp³-hybridized carbons (Fsp3) is 0.696. The van der Waals surface area contributed by atoms with Crippen molar-refractivity contribution in [3.63, 3.8) is 0 Å². The molecule has 0 spiro atoms. The Morgan fingerprint density at radius 1 is 1.25 bits per heavy atom. The maximum absolute atomic E-state index is 13.6. The number of nitrogens with zero attached hydrogens (tertiary/aromatic N) is 1. The molecule has 5 heteroatoms. The molecule has 3 aliphatic rings. The number of rotatable bonds is 4. The van der Waals surface area contributed by atoms with Crippen LogP contribution in [0.2, 0.25) is 0 Å². The third-order valence-electron chi connectivity index (χ3n) is 6.59. The molecule has 4 rings (SSSR count). The minimum atomic E-state index is -0.452. The molecule has 4 nitrogen and oxygen atoms in total. The second-order valence-corrected chi connectivity index (χ2v) is 10.0. The van der Waals surface area contributed by atoms with Crippen LogP contribution in [-0.2, 0) is 11.2 Å². The van der Waals surface area contributed by atoms with E-state index in [4.69, 9.17) is 4.74 Å². The summed E-state index contributed by atoms with van der Waals surface area (Å²) >= 11 is 0. The first-order valence-electron chi connectivity index (χ1n) is 10.8. The molecule has 3 fully saturated rings. The Hall–Kier alpha value is -1.62. The molecule has 1 aromatic carbocycles. The van der Waals surface area contributed by atoms with Crippen molar-refractivity contribution in [2.24, 2.45) is 0 Å². The number of halogens is 1. The topological polar surface area (TPSA) is 41.6 Å². The first-order chi connectivity index (χ1) is 13.2. The Bertz CT molecular complexity index is 712. The van der Waals surface area contributed by atoms with Gasteiger partial charge in [0.15, 0.2) is 0 Å². The van der Waals surface area contributed by atoms with E-state index in [0.29, 0.717) is 6.04 Å². The molecular weight excluding hydrogens is 355 g/mol. The highest BCUT2D eigenvalue weighted by Crippen LogP contribution is 2.41. The van der Waals surface area contributed by atoms with Crippen LogP contribution >= 0.6 is 0 Å². The number of benzene rings is 1. The lowest BCUT2D eigenvalue weighted by Crippen LogP contribution is -2.60. The number of hydrogen-bond acceptors (Lipinski definition) is 3. The van der Waals surface area contributed by atoms with E-state index in [-0.39, 0.29) is 29.5 Å². The summed E-state index contributed by atoms with van der Waals surface area (Å²) in [4.78, 5) is 14.7. The molecule has 0 aromatic heterocycles. The summed E-state index contributed by atoms with van der Waals surface area (Å²) in [5.74, 6) is -0.157. The first-order valence-corrected chi connectivity index (χ1v) is 10.8. The smallest absolute Gasteiger partial charge is 0.410 e. The second kappa shape index (κ2) is 7.33. The number of ether oxygens (including phenoxy) is 1. The fourth-order valence-corrected chi connectivity index (χ4v) is 5.35. The number of fused-ring (bicyclic) bond motifs is 2. The van der Waals surface area contributed by atoms with E-state index in [0.717, 1.165) is 50.5 Å². The molecule has 0 radical (unpaired) electrons. The lowest BCUT2D eigenvalue weighted by molar-refractivity contribution is 0.00171. The number of carbonyl (C=O) groups excluding carboxylic acids is 1. The van der Waals surface area contributed by atoms with Crippen molar-refractivity contribution in [3.8, 4) is 0 Å². The average Bonchev–Trinajstić information content (AvgIpc) is 2.83. The van der Waals surface area contributed by atoms with Crippen molar-refractivity contribution in [2.75, 3.05) is 0 Å². The Labute approximate surface area is 167 Å². The molecule has 1 aliphatic carbocycles. The quantitative estimate of drug-likeness (QED) is 0.805. The molecule has 1 aromatic rings. The number of hydrogen-bond donors (Lipinski definition) is 1. The Morgan fingerprint density at radius 3 is 2.46 bits per heavy atom. The summed E-state index contributed by atoms with van der Waals surface area (Å²) in [5.41, 5.74) is 0.708. The molecular formula is C23H33FN2O2. The van der Waals surface area contributed by atoms with E-state index in [1.807, 2.05) is 31.7 Å². The summed E-state index contributed by atoms with van der Waals surface area (Å²) in [7, 11) is 0. The van der Waals surface area contributed by atoms with Crippen LogP contribution in [0.4, 0.5) is 9.18 Å². The summed E-state index contributed by atoms with van der Waals surface area (Å²) in [6, 6.07) is 7.97. The Morgan fingerprint density at radius 2 is 1.93 bits per heavy atom. The molecule has 2 aliphatic heterocycles. The van der Waals surface area contributed by atoms with Crippen molar-refractivity contribution in [3.05, 3.63) is 35.6 Å². The molecule has 1 saturated carbocycles. The Kier molecular flexibility index (Phi) is 5.15. The highest BCUT2D eigenvalue weighted by molar-refractivity contribution is 5.69. The summed E-state index contributed by atoms with van der Waals surface area (Å²) in [5, 5.41) is 3.94. The maximum atomic E-state index is 13.6. The van der Waals surface area contributed by atoms with Gasteiger partial charge in [0.2, 0.25) is 0 Å². The van der Waals surface area contributed by atoms with Crippen LogP contribution in [0.15, 0.2) is 24.3 Å². The van der Waals surface area contributed by atoms with Crippen molar-refractivity contribution in [1.29, 1.82) is 0 Å². The molecule has 28 heavy (non-hydrogen) atoms. The van der Waals surface area contributed by atoms with Crippen LogP contribution in [0, 0.1) is 5.82 Å². The van der Waals surface area contributed by atoms with Crippen molar-refractivity contribution in [1.82, 2.24) is 10.2 Å². The molecule has 2 heterocycles. The van der Waals surface area contributed by atoms with Crippen LogP contribution in [0.25, 0.3) is 0 Å². The van der Waals surface area contributed by atoms with Crippen LogP contribution < -0.4 is 5.32 Å². The van der Waals surface area contributed by atoms with E-state index < -0.39 is 5.60 Å². The monoisotopic (exact) mass is 388 g/mol. The summed E-state index contributed by atoms with van der Waals surface area (Å²) in [6.07, 6.45) is 8.35. The van der Waals surface area contributed by atoms with E-state index in [1.165, 1.54) is 12.5 Å². The number of amides is 1. The molecule has 2 bridgehead atoms. The minimum absolute atomic E-state index is 0.0893. The van der Waals surface area contributed by atoms with Gasteiger partial charge >= 0.3 is 6.09 Å². The summed E-state index contributed by atoms with van der Waals surface area (Å²) in [6.45, 7) is 5.77. The lowest BCUT2D eigenvalue weighted by Gasteiger charge is -2.48. The van der Waals surface area contributed by atoms with Gasteiger partial charge in [-0.25, -0.2) is 9.18 Å². The average molecular weight is 389 g/mol. The number of carbonyl (C=O) groups is 1. The van der Waals surface area contributed by atoms with Crippen molar-refractivity contribution < 1.29 is 13.9 Å².